The molecule has 0 saturated heterocycles. The molecule has 0 aliphatic heterocycles. The van der Waals surface area contributed by atoms with E-state index in [4.69, 9.17) is 9.72 Å². The van der Waals surface area contributed by atoms with Crippen molar-refractivity contribution in [3.8, 4) is 5.75 Å². The third-order valence-corrected chi connectivity index (χ3v) is 4.84. The molecule has 4 aromatic rings. The number of hydrogen-bond acceptors (Lipinski definition) is 2. The van der Waals surface area contributed by atoms with Gasteiger partial charge in [0.2, 0.25) is 0 Å². The minimum atomic E-state index is 0.177. The fourth-order valence-corrected chi connectivity index (χ4v) is 3.44. The smallest absolute Gasteiger partial charge is 0.134 e. The van der Waals surface area contributed by atoms with Gasteiger partial charge in [-0.25, -0.2) is 4.98 Å². The third kappa shape index (κ3) is 3.36. The summed E-state index contributed by atoms with van der Waals surface area (Å²) in [6, 6.07) is 27.0. The highest BCUT2D eigenvalue weighted by Crippen LogP contribution is 2.28. The number of fused-ring (bicyclic) bond motifs is 1. The van der Waals surface area contributed by atoms with Crippen molar-refractivity contribution in [2.24, 2.45) is 0 Å². The number of para-hydroxylation sites is 3. The lowest BCUT2D eigenvalue weighted by atomic mass is 10.1. The van der Waals surface area contributed by atoms with Gasteiger partial charge in [0, 0.05) is 5.56 Å². The van der Waals surface area contributed by atoms with Crippen LogP contribution in [0.4, 0.5) is 0 Å². The van der Waals surface area contributed by atoms with Gasteiger partial charge in [0.15, 0.2) is 0 Å². The topological polar surface area (TPSA) is 27.1 Å². The Balaban J connectivity index is 1.82. The van der Waals surface area contributed by atoms with Gasteiger partial charge in [-0.2, -0.15) is 0 Å². The van der Waals surface area contributed by atoms with Crippen molar-refractivity contribution in [1.29, 1.82) is 0 Å². The van der Waals surface area contributed by atoms with Crippen LogP contribution in [-0.2, 0) is 0 Å². The van der Waals surface area contributed by atoms with Gasteiger partial charge in [0.25, 0.3) is 0 Å². The monoisotopic (exact) mass is 354 g/mol. The maximum atomic E-state index is 5.46. The van der Waals surface area contributed by atoms with Crippen LogP contribution in [0.15, 0.2) is 78.9 Å². The molecule has 1 atom stereocenters. The van der Waals surface area contributed by atoms with Crippen molar-refractivity contribution >= 4 is 23.2 Å². The largest absolute Gasteiger partial charge is 0.496 e. The highest BCUT2D eigenvalue weighted by atomic mass is 16.5. The van der Waals surface area contributed by atoms with Crippen LogP contribution in [0.25, 0.3) is 23.2 Å². The van der Waals surface area contributed by atoms with Crippen LogP contribution >= 0.6 is 0 Å². The quantitative estimate of drug-likeness (QED) is 0.451. The molecule has 27 heavy (non-hydrogen) atoms. The van der Waals surface area contributed by atoms with E-state index >= 15 is 0 Å². The van der Waals surface area contributed by atoms with Gasteiger partial charge in [-0.05, 0) is 42.8 Å². The average Bonchev–Trinajstić information content (AvgIpc) is 3.11. The Hall–Kier alpha value is -3.33. The molecule has 0 radical (unpaired) electrons. The molecule has 1 aromatic heterocycles. The second-order valence-electron chi connectivity index (χ2n) is 6.49. The lowest BCUT2D eigenvalue weighted by Gasteiger charge is -2.17. The van der Waals surface area contributed by atoms with E-state index in [2.05, 4.69) is 66.1 Å². The summed E-state index contributed by atoms with van der Waals surface area (Å²) in [5.74, 6) is 1.78. The van der Waals surface area contributed by atoms with Gasteiger partial charge in [-0.1, -0.05) is 60.7 Å². The number of imidazole rings is 1. The molecule has 0 aliphatic rings. The van der Waals surface area contributed by atoms with Crippen LogP contribution in [0.3, 0.4) is 0 Å². The molecule has 0 saturated carbocycles. The Bertz CT molecular complexity index is 1080. The second-order valence-corrected chi connectivity index (χ2v) is 6.49. The first-order valence-electron chi connectivity index (χ1n) is 9.11. The highest BCUT2D eigenvalue weighted by molar-refractivity contribution is 5.80. The van der Waals surface area contributed by atoms with E-state index in [1.54, 1.807) is 7.11 Å². The van der Waals surface area contributed by atoms with Crippen molar-refractivity contribution < 1.29 is 4.74 Å². The SMILES string of the molecule is COc1ccccc1/C=C/c1nc2ccccc2n1[C@H](C)c1ccccc1. The zero-order valence-corrected chi connectivity index (χ0v) is 15.5. The number of aromatic nitrogens is 2. The average molecular weight is 354 g/mol. The zero-order valence-electron chi connectivity index (χ0n) is 15.5. The predicted octanol–water partition coefficient (Wildman–Crippen LogP) is 5.82. The highest BCUT2D eigenvalue weighted by Gasteiger charge is 2.15. The van der Waals surface area contributed by atoms with E-state index < -0.39 is 0 Å². The van der Waals surface area contributed by atoms with Gasteiger partial charge < -0.3 is 9.30 Å². The van der Waals surface area contributed by atoms with E-state index in [0.29, 0.717) is 0 Å². The van der Waals surface area contributed by atoms with Crippen molar-refractivity contribution in [2.75, 3.05) is 7.11 Å². The van der Waals surface area contributed by atoms with E-state index in [9.17, 15) is 0 Å². The summed E-state index contributed by atoms with van der Waals surface area (Å²) in [6.45, 7) is 2.21. The van der Waals surface area contributed by atoms with Crippen LogP contribution in [0.5, 0.6) is 5.75 Å². The second kappa shape index (κ2) is 7.50. The lowest BCUT2D eigenvalue weighted by Crippen LogP contribution is -2.08. The van der Waals surface area contributed by atoms with Gasteiger partial charge in [-0.3, -0.25) is 0 Å². The summed E-state index contributed by atoms with van der Waals surface area (Å²) in [6.07, 6.45) is 4.13. The van der Waals surface area contributed by atoms with Gasteiger partial charge in [-0.15, -0.1) is 0 Å². The van der Waals surface area contributed by atoms with E-state index in [-0.39, 0.29) is 6.04 Å². The predicted molar refractivity (Wildman–Crippen MR) is 112 cm³/mol. The molecular formula is C24H22N2O. The number of hydrogen-bond donors (Lipinski definition) is 0. The molecule has 3 heteroatoms. The normalized spacial score (nSPS) is 12.5. The Morgan fingerprint density at radius 3 is 2.37 bits per heavy atom. The molecular weight excluding hydrogens is 332 g/mol. The standard InChI is InChI=1S/C24H22N2O/c1-18(19-10-4-3-5-11-19)26-22-14-8-7-13-21(22)25-24(26)17-16-20-12-6-9-15-23(20)27-2/h3-18H,1-2H3/b17-16+/t18-/m1/s1. The molecule has 0 unspecified atom stereocenters. The number of methoxy groups -OCH3 is 1. The minimum Gasteiger partial charge on any atom is -0.496 e. The number of rotatable bonds is 5. The van der Waals surface area contributed by atoms with Crippen LogP contribution in [0.2, 0.25) is 0 Å². The summed E-state index contributed by atoms with van der Waals surface area (Å²) in [7, 11) is 1.69. The minimum absolute atomic E-state index is 0.177. The fourth-order valence-electron chi connectivity index (χ4n) is 3.44. The first-order chi connectivity index (χ1) is 13.3. The first kappa shape index (κ1) is 17.1. The summed E-state index contributed by atoms with van der Waals surface area (Å²) in [5, 5.41) is 0. The molecule has 0 amide bonds. The first-order valence-corrected chi connectivity index (χ1v) is 9.11. The van der Waals surface area contributed by atoms with Crippen molar-refractivity contribution in [2.45, 2.75) is 13.0 Å². The third-order valence-electron chi connectivity index (χ3n) is 4.84. The molecule has 0 fully saturated rings. The number of nitrogens with zero attached hydrogens (tertiary/aromatic N) is 2. The number of ether oxygens (including phenoxy) is 1. The van der Waals surface area contributed by atoms with Crippen molar-refractivity contribution in [1.82, 2.24) is 9.55 Å². The fraction of sp³-hybridized carbons (Fsp3) is 0.125. The maximum Gasteiger partial charge on any atom is 0.134 e. The van der Waals surface area contributed by atoms with E-state index in [0.717, 1.165) is 28.2 Å². The Kier molecular flexibility index (Phi) is 4.75. The molecule has 1 heterocycles. The molecule has 3 aromatic carbocycles. The molecule has 0 aliphatic carbocycles. The maximum absolute atomic E-state index is 5.46. The molecule has 0 N–H and O–H groups in total. The Morgan fingerprint density at radius 1 is 0.852 bits per heavy atom. The molecule has 134 valence electrons. The van der Waals surface area contributed by atoms with Gasteiger partial charge >= 0.3 is 0 Å². The lowest BCUT2D eigenvalue weighted by molar-refractivity contribution is 0.414. The molecule has 3 nitrogen and oxygen atoms in total. The van der Waals surface area contributed by atoms with Crippen molar-refractivity contribution in [3.05, 3.63) is 95.8 Å². The van der Waals surface area contributed by atoms with Crippen LogP contribution in [0.1, 0.15) is 29.9 Å². The van der Waals surface area contributed by atoms with Crippen LogP contribution in [0, 0.1) is 0 Å². The summed E-state index contributed by atoms with van der Waals surface area (Å²) < 4.78 is 7.75. The van der Waals surface area contributed by atoms with Crippen LogP contribution in [-0.4, -0.2) is 16.7 Å². The molecule has 0 spiro atoms. The summed E-state index contributed by atoms with van der Waals surface area (Å²) in [5.41, 5.74) is 4.42. The Labute approximate surface area is 159 Å². The van der Waals surface area contributed by atoms with Gasteiger partial charge in [0.1, 0.15) is 11.6 Å². The molecule has 0 bridgehead atoms. The number of benzene rings is 3. The van der Waals surface area contributed by atoms with Gasteiger partial charge in [0.05, 0.1) is 24.2 Å². The van der Waals surface area contributed by atoms with E-state index in [1.165, 1.54) is 5.56 Å². The molecule has 4 rings (SSSR count). The Morgan fingerprint density at radius 2 is 1.56 bits per heavy atom. The zero-order chi connectivity index (χ0) is 18.6. The van der Waals surface area contributed by atoms with Crippen LogP contribution < -0.4 is 4.74 Å². The van der Waals surface area contributed by atoms with E-state index in [1.807, 2.05) is 36.4 Å². The van der Waals surface area contributed by atoms with Crippen molar-refractivity contribution in [3.63, 3.8) is 0 Å². The summed E-state index contributed by atoms with van der Waals surface area (Å²) in [4.78, 5) is 4.87. The summed E-state index contributed by atoms with van der Waals surface area (Å²) >= 11 is 0.